The van der Waals surface area contributed by atoms with Crippen molar-refractivity contribution < 1.29 is 23.7 Å². The minimum atomic E-state index is -0.920. The van der Waals surface area contributed by atoms with Gasteiger partial charge in [0.15, 0.2) is 6.10 Å². The Morgan fingerprint density at radius 2 is 1.91 bits per heavy atom. The molecule has 10 heteroatoms. The van der Waals surface area contributed by atoms with Crippen LogP contribution in [0.5, 0.6) is 0 Å². The van der Waals surface area contributed by atoms with E-state index in [-0.39, 0.29) is 12.5 Å². The van der Waals surface area contributed by atoms with Gasteiger partial charge >= 0.3 is 13.1 Å². The van der Waals surface area contributed by atoms with Crippen molar-refractivity contribution in [1.29, 1.82) is 0 Å². The van der Waals surface area contributed by atoms with Crippen molar-refractivity contribution in [3.63, 3.8) is 0 Å². The minimum absolute atomic E-state index is 0.204. The van der Waals surface area contributed by atoms with Gasteiger partial charge in [-0.25, -0.2) is 0 Å². The monoisotopic (exact) mass is 520 g/mol. The largest absolute Gasteiger partial charge is 0.552 e. The first-order chi connectivity index (χ1) is 15.2. The van der Waals surface area contributed by atoms with E-state index in [1.54, 1.807) is 24.3 Å². The Morgan fingerprint density at radius 3 is 2.59 bits per heavy atom. The predicted octanol–water partition coefficient (Wildman–Crippen LogP) is 3.71. The number of halogens is 2. The van der Waals surface area contributed by atoms with E-state index in [2.05, 4.69) is 26.6 Å². The zero-order valence-corrected chi connectivity index (χ0v) is 20.0. The van der Waals surface area contributed by atoms with Crippen LogP contribution in [-0.2, 0) is 18.9 Å². The topological polar surface area (TPSA) is 93.7 Å². The first kappa shape index (κ1) is 24.3. The molecule has 1 aliphatic heterocycles. The first-order valence-electron chi connectivity index (χ1n) is 10.2. The molecule has 0 aliphatic carbocycles. The zero-order chi connectivity index (χ0) is 23.3. The van der Waals surface area contributed by atoms with Crippen LogP contribution in [0.1, 0.15) is 42.3 Å². The number of carbonyl (C=O) groups is 3. The molecule has 3 rings (SSSR count). The number of benzene rings is 2. The first-order valence-corrected chi connectivity index (χ1v) is 11.3. The summed E-state index contributed by atoms with van der Waals surface area (Å²) in [6, 6.07) is 13.9. The number of nitrogens with one attached hydrogen (secondary N) is 2. The summed E-state index contributed by atoms with van der Waals surface area (Å²) in [7, 11) is -0.920. The van der Waals surface area contributed by atoms with Crippen molar-refractivity contribution in [3.05, 3.63) is 69.2 Å². The average Bonchev–Trinajstić information content (AvgIpc) is 3.15. The summed E-state index contributed by atoms with van der Waals surface area (Å²) in [5, 5.41) is 5.80. The molecule has 0 bridgehead atoms. The summed E-state index contributed by atoms with van der Waals surface area (Å²) in [6.07, 6.45) is -0.313. The van der Waals surface area contributed by atoms with Gasteiger partial charge in [-0.2, -0.15) is 0 Å². The third-order valence-corrected chi connectivity index (χ3v) is 5.73. The van der Waals surface area contributed by atoms with Gasteiger partial charge in [0.25, 0.3) is 5.91 Å². The molecule has 32 heavy (non-hydrogen) atoms. The number of hydrogen-bond acceptors (Lipinski definition) is 5. The Bertz CT molecular complexity index is 992. The Labute approximate surface area is 200 Å². The van der Waals surface area contributed by atoms with Crippen LogP contribution in [0.4, 0.5) is 0 Å². The van der Waals surface area contributed by atoms with E-state index in [9.17, 15) is 14.4 Å². The molecule has 0 aromatic heterocycles. The average molecular weight is 522 g/mol. The lowest BCUT2D eigenvalue weighted by Crippen LogP contribution is -2.50. The highest BCUT2D eigenvalue weighted by molar-refractivity contribution is 9.10. The fourth-order valence-corrected chi connectivity index (χ4v) is 3.94. The Kier molecular flexibility index (Phi) is 8.34. The summed E-state index contributed by atoms with van der Waals surface area (Å²) in [6.45, 7) is 3.72. The molecule has 2 amide bonds. The van der Waals surface area contributed by atoms with Crippen molar-refractivity contribution >= 4 is 52.4 Å². The smallest absolute Gasteiger partial charge is 0.506 e. The van der Waals surface area contributed by atoms with Gasteiger partial charge in [-0.05, 0) is 52.0 Å². The van der Waals surface area contributed by atoms with E-state index in [1.807, 2.05) is 32.0 Å². The van der Waals surface area contributed by atoms with Crippen LogP contribution < -0.4 is 10.6 Å². The molecule has 7 nitrogen and oxygen atoms in total. The van der Waals surface area contributed by atoms with Gasteiger partial charge in [0.1, 0.15) is 0 Å². The Hall–Kier alpha value is -2.36. The van der Waals surface area contributed by atoms with Crippen LogP contribution in [-0.4, -0.2) is 37.4 Å². The molecule has 2 N–H and O–H groups in total. The maximum absolute atomic E-state index is 12.6. The van der Waals surface area contributed by atoms with Crippen molar-refractivity contribution in [2.75, 3.05) is 6.54 Å². The highest BCUT2D eigenvalue weighted by atomic mass is 79.9. The lowest BCUT2D eigenvalue weighted by molar-refractivity contribution is -0.136. The fraction of sp³-hybridized carbons (Fsp3) is 0.318. The highest BCUT2D eigenvalue weighted by Gasteiger charge is 2.46. The normalized spacial score (nSPS) is 16.6. The number of amides is 2. The lowest BCUT2D eigenvalue weighted by Gasteiger charge is -2.21. The van der Waals surface area contributed by atoms with Crippen LogP contribution in [0.2, 0.25) is 5.02 Å². The molecule has 1 heterocycles. The van der Waals surface area contributed by atoms with Crippen LogP contribution in [0.15, 0.2) is 53.0 Å². The molecular formula is C22H23BBrClN2O5. The molecule has 2 aromatic carbocycles. The van der Waals surface area contributed by atoms with Crippen LogP contribution in [0, 0.1) is 5.92 Å². The summed E-state index contributed by atoms with van der Waals surface area (Å²) >= 11 is 9.24. The summed E-state index contributed by atoms with van der Waals surface area (Å²) in [5.41, 5.74) is 1.01. The molecule has 0 spiro atoms. The number of hydrogen-bond donors (Lipinski definition) is 2. The third-order valence-electron chi connectivity index (χ3n) is 4.80. The Balaban J connectivity index is 1.61. The van der Waals surface area contributed by atoms with E-state index < -0.39 is 36.9 Å². The molecule has 168 valence electrons. The SMILES string of the molecule is CC(C)C[C@H](NC(=O)CNC(=O)c1cc(Cl)ccc1Br)B1OC(=O)[C@@H](c2ccccc2)O1. The third kappa shape index (κ3) is 6.34. The van der Waals surface area contributed by atoms with Gasteiger partial charge in [0, 0.05) is 9.50 Å². The van der Waals surface area contributed by atoms with Gasteiger partial charge in [-0.1, -0.05) is 55.8 Å². The summed E-state index contributed by atoms with van der Waals surface area (Å²) in [4.78, 5) is 37.3. The molecule has 1 saturated heterocycles. The molecule has 2 aromatic rings. The fourth-order valence-electron chi connectivity index (χ4n) is 3.34. The number of carbonyl (C=O) groups excluding carboxylic acids is 3. The van der Waals surface area contributed by atoms with Crippen molar-refractivity contribution in [1.82, 2.24) is 10.6 Å². The van der Waals surface area contributed by atoms with E-state index in [1.165, 1.54) is 6.07 Å². The van der Waals surface area contributed by atoms with E-state index in [0.29, 0.717) is 27.0 Å². The quantitative estimate of drug-likeness (QED) is 0.517. The van der Waals surface area contributed by atoms with Gasteiger partial charge in [0.05, 0.1) is 18.0 Å². The molecule has 0 unspecified atom stereocenters. The van der Waals surface area contributed by atoms with Crippen LogP contribution in [0.3, 0.4) is 0 Å². The zero-order valence-electron chi connectivity index (χ0n) is 17.6. The second-order valence-corrected chi connectivity index (χ2v) is 9.13. The van der Waals surface area contributed by atoms with Crippen molar-refractivity contribution in [2.45, 2.75) is 32.3 Å². The molecule has 0 radical (unpaired) electrons. The second kappa shape index (κ2) is 11.0. The van der Waals surface area contributed by atoms with Crippen molar-refractivity contribution in [2.24, 2.45) is 5.92 Å². The highest BCUT2D eigenvalue weighted by Crippen LogP contribution is 2.28. The minimum Gasteiger partial charge on any atom is -0.506 e. The second-order valence-electron chi connectivity index (χ2n) is 7.84. The summed E-state index contributed by atoms with van der Waals surface area (Å²) in [5.74, 6) is -1.72. The predicted molar refractivity (Wildman–Crippen MR) is 125 cm³/mol. The Morgan fingerprint density at radius 1 is 1.19 bits per heavy atom. The van der Waals surface area contributed by atoms with Crippen molar-refractivity contribution in [3.8, 4) is 0 Å². The van der Waals surface area contributed by atoms with E-state index in [4.69, 9.17) is 20.9 Å². The van der Waals surface area contributed by atoms with Gasteiger partial charge in [-0.3, -0.25) is 14.4 Å². The van der Waals surface area contributed by atoms with E-state index in [0.717, 1.165) is 0 Å². The van der Waals surface area contributed by atoms with Crippen LogP contribution >= 0.6 is 27.5 Å². The van der Waals surface area contributed by atoms with Gasteiger partial charge < -0.3 is 19.9 Å². The molecule has 0 saturated carbocycles. The molecular weight excluding hydrogens is 498 g/mol. The maximum Gasteiger partial charge on any atom is 0.552 e. The van der Waals surface area contributed by atoms with Gasteiger partial charge in [-0.15, -0.1) is 0 Å². The van der Waals surface area contributed by atoms with Crippen LogP contribution in [0.25, 0.3) is 0 Å². The molecule has 1 fully saturated rings. The molecule has 1 aliphatic rings. The summed E-state index contributed by atoms with van der Waals surface area (Å²) < 4.78 is 11.9. The van der Waals surface area contributed by atoms with Gasteiger partial charge in [0.2, 0.25) is 5.91 Å². The maximum atomic E-state index is 12.6. The standard InChI is InChI=1S/C22H23BBrClN2O5/c1-13(2)10-18(23-31-20(22(30)32-23)14-6-4-3-5-7-14)27-19(28)12-26-21(29)16-11-15(25)8-9-17(16)24/h3-9,11,13,18,20H,10,12H2,1-2H3,(H,26,29)(H,27,28)/t18-,20+/m0/s1. The number of rotatable bonds is 8. The molecule has 2 atom stereocenters. The lowest BCUT2D eigenvalue weighted by atomic mass is 9.74. The van der Waals surface area contributed by atoms with E-state index >= 15 is 0 Å².